The fraction of sp³-hybridized carbons (Fsp3) is 0.500. The fourth-order valence-corrected chi connectivity index (χ4v) is 2.37. The summed E-state index contributed by atoms with van der Waals surface area (Å²) in [6.45, 7) is 8.22. The molecule has 0 radical (unpaired) electrons. The molecule has 2 rings (SSSR count). The zero-order valence-electron chi connectivity index (χ0n) is 13.0. The van der Waals surface area contributed by atoms with Crippen molar-refractivity contribution in [2.45, 2.75) is 46.3 Å². The van der Waals surface area contributed by atoms with Gasteiger partial charge in [0.25, 0.3) is 0 Å². The van der Waals surface area contributed by atoms with Gasteiger partial charge in [-0.3, -0.25) is 9.48 Å². The molecule has 0 aliphatic rings. The highest BCUT2D eigenvalue weighted by Gasteiger charge is 2.09. The van der Waals surface area contributed by atoms with Gasteiger partial charge in [0.05, 0.1) is 11.2 Å². The van der Waals surface area contributed by atoms with E-state index in [1.807, 2.05) is 30.7 Å². The van der Waals surface area contributed by atoms with E-state index in [-0.39, 0.29) is 11.9 Å². The van der Waals surface area contributed by atoms with Gasteiger partial charge in [-0.2, -0.15) is 5.10 Å². The summed E-state index contributed by atoms with van der Waals surface area (Å²) in [5.41, 5.74) is 2.20. The Hall–Kier alpha value is -1.88. The van der Waals surface area contributed by atoms with Gasteiger partial charge in [0.15, 0.2) is 0 Å². The standard InChI is InChI=1S/C16H24N4O/c1-4-20-15-8-6-5-7-13(15)14(19-20)11-17-10-9-16(21)18-12(2)3/h5-8,12,17H,4,9-11H2,1-3H3,(H,18,21). The van der Waals surface area contributed by atoms with Crippen LogP contribution >= 0.6 is 0 Å². The SMILES string of the molecule is CCn1nc(CNCCC(=O)NC(C)C)c2ccccc21. The third-order valence-corrected chi connectivity index (χ3v) is 3.30. The van der Waals surface area contributed by atoms with Crippen LogP contribution in [-0.2, 0) is 17.9 Å². The van der Waals surface area contributed by atoms with E-state index in [2.05, 4.69) is 34.8 Å². The van der Waals surface area contributed by atoms with Crippen LogP contribution in [0.25, 0.3) is 10.9 Å². The summed E-state index contributed by atoms with van der Waals surface area (Å²) in [6.07, 6.45) is 0.491. The highest BCUT2D eigenvalue weighted by molar-refractivity contribution is 5.82. The molecule has 0 atom stereocenters. The molecule has 1 amide bonds. The maximum Gasteiger partial charge on any atom is 0.221 e. The minimum absolute atomic E-state index is 0.0847. The number of carbonyl (C=O) groups excluding carboxylic acids is 1. The van der Waals surface area contributed by atoms with Crippen LogP contribution in [0.5, 0.6) is 0 Å². The normalized spacial score (nSPS) is 11.2. The molecular formula is C16H24N4O. The Morgan fingerprint density at radius 1 is 1.33 bits per heavy atom. The van der Waals surface area contributed by atoms with Gasteiger partial charge in [-0.1, -0.05) is 18.2 Å². The summed E-state index contributed by atoms with van der Waals surface area (Å²) in [4.78, 5) is 11.6. The molecule has 0 saturated heterocycles. The van der Waals surface area contributed by atoms with Gasteiger partial charge in [-0.15, -0.1) is 0 Å². The number of aryl methyl sites for hydroxylation is 1. The zero-order valence-corrected chi connectivity index (χ0v) is 13.0. The number of para-hydroxylation sites is 1. The molecule has 0 spiro atoms. The second-order valence-corrected chi connectivity index (χ2v) is 5.43. The summed E-state index contributed by atoms with van der Waals surface area (Å²) in [7, 11) is 0. The number of fused-ring (bicyclic) bond motifs is 1. The Morgan fingerprint density at radius 2 is 2.10 bits per heavy atom. The van der Waals surface area contributed by atoms with Crippen LogP contribution in [0.4, 0.5) is 0 Å². The second-order valence-electron chi connectivity index (χ2n) is 5.43. The summed E-state index contributed by atoms with van der Waals surface area (Å²) < 4.78 is 2.01. The first-order valence-electron chi connectivity index (χ1n) is 7.56. The highest BCUT2D eigenvalue weighted by Crippen LogP contribution is 2.18. The van der Waals surface area contributed by atoms with Crippen LogP contribution in [0.1, 0.15) is 32.9 Å². The minimum atomic E-state index is 0.0847. The van der Waals surface area contributed by atoms with Crippen LogP contribution < -0.4 is 10.6 Å². The number of carbonyl (C=O) groups is 1. The van der Waals surface area contributed by atoms with Crippen molar-refractivity contribution in [3.63, 3.8) is 0 Å². The summed E-state index contributed by atoms with van der Waals surface area (Å²) in [6, 6.07) is 8.44. The van der Waals surface area contributed by atoms with E-state index in [0.29, 0.717) is 19.5 Å². The second kappa shape index (κ2) is 7.22. The summed E-state index contributed by atoms with van der Waals surface area (Å²) >= 11 is 0. The van der Waals surface area contributed by atoms with Crippen molar-refractivity contribution < 1.29 is 4.79 Å². The lowest BCUT2D eigenvalue weighted by Gasteiger charge is -2.08. The molecule has 114 valence electrons. The summed E-state index contributed by atoms with van der Waals surface area (Å²) in [5, 5.41) is 12.0. The van der Waals surface area contributed by atoms with Gasteiger partial charge >= 0.3 is 0 Å². The largest absolute Gasteiger partial charge is 0.354 e. The number of aromatic nitrogens is 2. The molecule has 5 heteroatoms. The molecule has 2 aromatic rings. The lowest BCUT2D eigenvalue weighted by atomic mass is 10.2. The Morgan fingerprint density at radius 3 is 2.81 bits per heavy atom. The van der Waals surface area contributed by atoms with Crippen molar-refractivity contribution >= 4 is 16.8 Å². The molecule has 0 bridgehead atoms. The Balaban J connectivity index is 1.91. The first kappa shape index (κ1) is 15.5. The van der Waals surface area contributed by atoms with Crippen LogP contribution in [0.15, 0.2) is 24.3 Å². The molecule has 21 heavy (non-hydrogen) atoms. The van der Waals surface area contributed by atoms with E-state index in [1.54, 1.807) is 0 Å². The van der Waals surface area contributed by atoms with Crippen LogP contribution in [0.3, 0.4) is 0 Å². The van der Waals surface area contributed by atoms with E-state index in [1.165, 1.54) is 5.39 Å². The third-order valence-electron chi connectivity index (χ3n) is 3.30. The van der Waals surface area contributed by atoms with E-state index in [4.69, 9.17) is 0 Å². The molecule has 1 aromatic carbocycles. The zero-order chi connectivity index (χ0) is 15.2. The fourth-order valence-electron chi connectivity index (χ4n) is 2.37. The Kier molecular flexibility index (Phi) is 5.33. The molecule has 2 N–H and O–H groups in total. The number of nitrogens with zero attached hydrogens (tertiary/aromatic N) is 2. The Labute approximate surface area is 125 Å². The lowest BCUT2D eigenvalue weighted by Crippen LogP contribution is -2.32. The van der Waals surface area contributed by atoms with Crippen molar-refractivity contribution in [3.8, 4) is 0 Å². The van der Waals surface area contributed by atoms with Gasteiger partial charge in [0, 0.05) is 37.5 Å². The monoisotopic (exact) mass is 288 g/mol. The number of rotatable bonds is 7. The molecule has 1 aromatic heterocycles. The van der Waals surface area contributed by atoms with Gasteiger partial charge in [0.2, 0.25) is 5.91 Å². The van der Waals surface area contributed by atoms with E-state index < -0.39 is 0 Å². The number of hydrogen-bond acceptors (Lipinski definition) is 3. The van der Waals surface area contributed by atoms with E-state index >= 15 is 0 Å². The van der Waals surface area contributed by atoms with Crippen LogP contribution in [0, 0.1) is 0 Å². The lowest BCUT2D eigenvalue weighted by molar-refractivity contribution is -0.121. The van der Waals surface area contributed by atoms with Crippen LogP contribution in [0.2, 0.25) is 0 Å². The molecular weight excluding hydrogens is 264 g/mol. The van der Waals surface area contributed by atoms with Crippen molar-refractivity contribution in [3.05, 3.63) is 30.0 Å². The van der Waals surface area contributed by atoms with Crippen LogP contribution in [-0.4, -0.2) is 28.3 Å². The molecule has 0 unspecified atom stereocenters. The predicted octanol–water partition coefficient (Wildman–Crippen LogP) is 2.06. The Bertz CT molecular complexity index is 603. The first-order chi connectivity index (χ1) is 10.1. The molecule has 5 nitrogen and oxygen atoms in total. The number of hydrogen-bond donors (Lipinski definition) is 2. The van der Waals surface area contributed by atoms with Crippen molar-refractivity contribution in [1.29, 1.82) is 0 Å². The van der Waals surface area contributed by atoms with E-state index in [0.717, 1.165) is 17.8 Å². The highest BCUT2D eigenvalue weighted by atomic mass is 16.1. The van der Waals surface area contributed by atoms with Gasteiger partial charge in [-0.25, -0.2) is 0 Å². The molecule has 0 aliphatic heterocycles. The van der Waals surface area contributed by atoms with Gasteiger partial charge in [-0.05, 0) is 26.8 Å². The van der Waals surface area contributed by atoms with Gasteiger partial charge < -0.3 is 10.6 Å². The van der Waals surface area contributed by atoms with Crippen molar-refractivity contribution in [2.75, 3.05) is 6.54 Å². The van der Waals surface area contributed by atoms with Crippen molar-refractivity contribution in [2.24, 2.45) is 0 Å². The average molecular weight is 288 g/mol. The molecule has 1 heterocycles. The van der Waals surface area contributed by atoms with Gasteiger partial charge in [0.1, 0.15) is 0 Å². The number of amides is 1. The quantitative estimate of drug-likeness (QED) is 0.767. The smallest absolute Gasteiger partial charge is 0.221 e. The maximum atomic E-state index is 11.6. The molecule has 0 fully saturated rings. The molecule has 0 saturated carbocycles. The van der Waals surface area contributed by atoms with E-state index in [9.17, 15) is 4.79 Å². The molecule has 0 aliphatic carbocycles. The first-order valence-corrected chi connectivity index (χ1v) is 7.56. The summed E-state index contributed by atoms with van der Waals surface area (Å²) in [5.74, 6) is 0.0847. The number of benzene rings is 1. The predicted molar refractivity (Wildman–Crippen MR) is 85.0 cm³/mol. The van der Waals surface area contributed by atoms with Crippen molar-refractivity contribution in [1.82, 2.24) is 20.4 Å². The number of nitrogens with one attached hydrogen (secondary N) is 2. The topological polar surface area (TPSA) is 59.0 Å². The third kappa shape index (κ3) is 4.04. The maximum absolute atomic E-state index is 11.6. The average Bonchev–Trinajstić information content (AvgIpc) is 2.81. The minimum Gasteiger partial charge on any atom is -0.354 e.